The molecule has 0 atom stereocenters. The summed E-state index contributed by atoms with van der Waals surface area (Å²) in [6.07, 6.45) is 15.4. The van der Waals surface area contributed by atoms with E-state index in [4.69, 9.17) is 0 Å². The third-order valence-electron chi connectivity index (χ3n) is 4.37. The van der Waals surface area contributed by atoms with Crippen molar-refractivity contribution in [3.05, 3.63) is 22.4 Å². The first kappa shape index (κ1) is 19.7. The maximum atomic E-state index is 2.69. The highest BCUT2D eigenvalue weighted by atomic mass is 32.1. The molecule has 0 N–H and O–H groups in total. The topological polar surface area (TPSA) is 3.24 Å². The Bertz CT molecular complexity index is 320. The monoisotopic (exact) mass is 323 g/mol. The van der Waals surface area contributed by atoms with Crippen LogP contribution in [0, 0.1) is 0 Å². The number of hydrogen-bond donors (Lipinski definition) is 0. The lowest BCUT2D eigenvalue weighted by molar-refractivity contribution is 0.254. The van der Waals surface area contributed by atoms with Crippen LogP contribution in [-0.2, 0) is 6.54 Å². The van der Waals surface area contributed by atoms with Crippen molar-refractivity contribution in [3.63, 3.8) is 0 Å². The molecule has 0 radical (unpaired) electrons. The van der Waals surface area contributed by atoms with Crippen molar-refractivity contribution in [3.8, 4) is 0 Å². The van der Waals surface area contributed by atoms with Gasteiger partial charge in [-0.1, -0.05) is 77.7 Å². The zero-order valence-corrected chi connectivity index (χ0v) is 15.8. The van der Waals surface area contributed by atoms with Gasteiger partial charge in [-0.2, -0.15) is 0 Å². The standard InChI is InChI=1S/C20H37NS/c1-3-5-7-9-11-13-17-21(16-12-10-8-6-4-2)19-20-15-14-18-22-20/h14-15,18H,3-13,16-17,19H2,1-2H3. The molecular weight excluding hydrogens is 286 g/mol. The van der Waals surface area contributed by atoms with Gasteiger partial charge in [0.15, 0.2) is 0 Å². The second-order valence-corrected chi connectivity index (χ2v) is 7.57. The molecule has 0 fully saturated rings. The minimum Gasteiger partial charge on any atom is -0.298 e. The smallest absolute Gasteiger partial charge is 0.0327 e. The second kappa shape index (κ2) is 14.3. The summed E-state index contributed by atoms with van der Waals surface area (Å²) in [5.41, 5.74) is 0. The fraction of sp³-hybridized carbons (Fsp3) is 0.800. The van der Waals surface area contributed by atoms with Crippen LogP contribution >= 0.6 is 11.3 Å². The van der Waals surface area contributed by atoms with E-state index in [1.807, 2.05) is 11.3 Å². The molecule has 128 valence electrons. The van der Waals surface area contributed by atoms with E-state index in [1.54, 1.807) is 0 Å². The predicted molar refractivity (Wildman–Crippen MR) is 102 cm³/mol. The van der Waals surface area contributed by atoms with E-state index in [9.17, 15) is 0 Å². The third-order valence-corrected chi connectivity index (χ3v) is 5.23. The summed E-state index contributed by atoms with van der Waals surface area (Å²) in [4.78, 5) is 4.22. The summed E-state index contributed by atoms with van der Waals surface area (Å²) in [6, 6.07) is 4.47. The van der Waals surface area contributed by atoms with Crippen molar-refractivity contribution in [2.45, 2.75) is 91.0 Å². The molecule has 0 bridgehead atoms. The Labute approximate surface area is 143 Å². The van der Waals surface area contributed by atoms with Crippen LogP contribution in [0.25, 0.3) is 0 Å². The highest BCUT2D eigenvalue weighted by molar-refractivity contribution is 7.09. The molecule has 0 saturated heterocycles. The van der Waals surface area contributed by atoms with E-state index < -0.39 is 0 Å². The van der Waals surface area contributed by atoms with E-state index in [1.165, 1.54) is 95.1 Å². The molecule has 1 rings (SSSR count). The second-order valence-electron chi connectivity index (χ2n) is 6.54. The normalized spacial score (nSPS) is 11.4. The number of thiophene rings is 1. The van der Waals surface area contributed by atoms with Crippen molar-refractivity contribution in [2.24, 2.45) is 0 Å². The first-order valence-electron chi connectivity index (χ1n) is 9.61. The largest absolute Gasteiger partial charge is 0.298 e. The minimum atomic E-state index is 1.17. The van der Waals surface area contributed by atoms with Gasteiger partial charge in [-0.3, -0.25) is 4.90 Å². The molecule has 0 amide bonds. The molecular formula is C20H37NS. The first-order chi connectivity index (χ1) is 10.9. The van der Waals surface area contributed by atoms with Gasteiger partial charge in [0.25, 0.3) is 0 Å². The SMILES string of the molecule is CCCCCCCCN(CCCCCCC)Cc1cccs1. The highest BCUT2D eigenvalue weighted by Gasteiger charge is 2.06. The third kappa shape index (κ3) is 10.4. The lowest BCUT2D eigenvalue weighted by Crippen LogP contribution is -2.25. The predicted octanol–water partition coefficient (Wildman–Crippen LogP) is 6.88. The molecule has 1 aromatic rings. The number of rotatable bonds is 15. The van der Waals surface area contributed by atoms with Gasteiger partial charge in [0.1, 0.15) is 0 Å². The van der Waals surface area contributed by atoms with Crippen molar-refractivity contribution in [2.75, 3.05) is 13.1 Å². The van der Waals surface area contributed by atoms with E-state index in [2.05, 4.69) is 36.3 Å². The van der Waals surface area contributed by atoms with Crippen molar-refractivity contribution in [1.29, 1.82) is 0 Å². The lowest BCUT2D eigenvalue weighted by atomic mass is 10.1. The van der Waals surface area contributed by atoms with Gasteiger partial charge >= 0.3 is 0 Å². The molecule has 0 unspecified atom stereocenters. The van der Waals surface area contributed by atoms with E-state index >= 15 is 0 Å². The molecule has 0 aliphatic heterocycles. The summed E-state index contributed by atoms with van der Waals surface area (Å²) in [5.74, 6) is 0. The quantitative estimate of drug-likeness (QED) is 0.318. The molecule has 1 aromatic heterocycles. The maximum Gasteiger partial charge on any atom is 0.0327 e. The van der Waals surface area contributed by atoms with Gasteiger partial charge in [-0.25, -0.2) is 0 Å². The summed E-state index contributed by atoms with van der Waals surface area (Å²) in [7, 11) is 0. The molecule has 0 aliphatic carbocycles. The van der Waals surface area contributed by atoms with Crippen LogP contribution < -0.4 is 0 Å². The zero-order valence-electron chi connectivity index (χ0n) is 15.0. The van der Waals surface area contributed by atoms with Gasteiger partial charge < -0.3 is 0 Å². The Morgan fingerprint density at radius 2 is 1.32 bits per heavy atom. The summed E-state index contributed by atoms with van der Waals surface area (Å²) in [5, 5.41) is 2.21. The van der Waals surface area contributed by atoms with E-state index in [-0.39, 0.29) is 0 Å². The first-order valence-corrected chi connectivity index (χ1v) is 10.5. The molecule has 22 heavy (non-hydrogen) atoms. The molecule has 0 aromatic carbocycles. The Balaban J connectivity index is 2.19. The number of unbranched alkanes of at least 4 members (excludes halogenated alkanes) is 9. The molecule has 0 spiro atoms. The van der Waals surface area contributed by atoms with Crippen LogP contribution in [0.5, 0.6) is 0 Å². The maximum absolute atomic E-state index is 2.69. The Morgan fingerprint density at radius 1 is 0.773 bits per heavy atom. The van der Waals surface area contributed by atoms with Gasteiger partial charge in [-0.05, 0) is 37.4 Å². The average molecular weight is 324 g/mol. The van der Waals surface area contributed by atoms with E-state index in [0.29, 0.717) is 0 Å². The molecule has 0 saturated carbocycles. The fourth-order valence-corrected chi connectivity index (χ4v) is 3.69. The average Bonchev–Trinajstić information content (AvgIpc) is 3.03. The Morgan fingerprint density at radius 3 is 1.82 bits per heavy atom. The molecule has 1 heterocycles. The van der Waals surface area contributed by atoms with Crippen LogP contribution in [-0.4, -0.2) is 18.0 Å². The summed E-state index contributed by atoms with van der Waals surface area (Å²) >= 11 is 1.91. The van der Waals surface area contributed by atoms with Gasteiger partial charge in [0.2, 0.25) is 0 Å². The van der Waals surface area contributed by atoms with Crippen LogP contribution in [0.2, 0.25) is 0 Å². The minimum absolute atomic E-state index is 1.17. The summed E-state index contributed by atoms with van der Waals surface area (Å²) < 4.78 is 0. The molecule has 0 aliphatic rings. The van der Waals surface area contributed by atoms with Crippen LogP contribution in [0.3, 0.4) is 0 Å². The molecule has 1 nitrogen and oxygen atoms in total. The number of hydrogen-bond acceptors (Lipinski definition) is 2. The van der Waals surface area contributed by atoms with Crippen molar-refractivity contribution < 1.29 is 0 Å². The molecule has 2 heteroatoms. The number of nitrogens with zero attached hydrogens (tertiary/aromatic N) is 1. The highest BCUT2D eigenvalue weighted by Crippen LogP contribution is 2.14. The van der Waals surface area contributed by atoms with Crippen LogP contribution in [0.15, 0.2) is 17.5 Å². The van der Waals surface area contributed by atoms with Crippen molar-refractivity contribution in [1.82, 2.24) is 4.90 Å². The van der Waals surface area contributed by atoms with Crippen LogP contribution in [0.4, 0.5) is 0 Å². The van der Waals surface area contributed by atoms with Gasteiger partial charge in [0.05, 0.1) is 0 Å². The fourth-order valence-electron chi connectivity index (χ4n) is 2.95. The van der Waals surface area contributed by atoms with Gasteiger partial charge in [-0.15, -0.1) is 11.3 Å². The van der Waals surface area contributed by atoms with Crippen molar-refractivity contribution >= 4 is 11.3 Å². The zero-order chi connectivity index (χ0) is 15.9. The van der Waals surface area contributed by atoms with E-state index in [0.717, 1.165) is 0 Å². The lowest BCUT2D eigenvalue weighted by Gasteiger charge is -2.21. The van der Waals surface area contributed by atoms with Crippen LogP contribution in [0.1, 0.15) is 89.4 Å². The Kier molecular flexibility index (Phi) is 12.8. The van der Waals surface area contributed by atoms with Gasteiger partial charge in [0, 0.05) is 11.4 Å². The summed E-state index contributed by atoms with van der Waals surface area (Å²) in [6.45, 7) is 8.33. The Hall–Kier alpha value is -0.340.